The van der Waals surface area contributed by atoms with E-state index in [0.29, 0.717) is 5.92 Å². The second-order valence-electron chi connectivity index (χ2n) is 4.57. The van der Waals surface area contributed by atoms with Crippen molar-refractivity contribution in [2.45, 2.75) is 18.8 Å². The highest BCUT2D eigenvalue weighted by Crippen LogP contribution is 2.27. The van der Waals surface area contributed by atoms with Gasteiger partial charge >= 0.3 is 0 Å². The monoisotopic (exact) mass is 229 g/mol. The summed E-state index contributed by atoms with van der Waals surface area (Å²) in [6.07, 6.45) is 9.00. The summed E-state index contributed by atoms with van der Waals surface area (Å²) in [5.74, 6) is 0.568. The maximum absolute atomic E-state index is 10.7. The number of carbonyl (C=O) groups is 1. The summed E-state index contributed by atoms with van der Waals surface area (Å²) in [7, 11) is 0. The van der Waals surface area contributed by atoms with Crippen LogP contribution in [0.2, 0.25) is 0 Å². The molecule has 0 N–H and O–H groups in total. The number of aromatic nitrogens is 2. The van der Waals surface area contributed by atoms with Gasteiger partial charge in [0.1, 0.15) is 5.65 Å². The number of nitrogens with zero attached hydrogens (tertiary/aromatic N) is 3. The van der Waals surface area contributed by atoms with Crippen molar-refractivity contribution in [3.63, 3.8) is 0 Å². The van der Waals surface area contributed by atoms with E-state index in [0.717, 1.165) is 38.0 Å². The Morgan fingerprint density at radius 3 is 2.88 bits per heavy atom. The van der Waals surface area contributed by atoms with Gasteiger partial charge in [-0.1, -0.05) is 6.07 Å². The van der Waals surface area contributed by atoms with E-state index in [1.54, 1.807) is 0 Å². The molecule has 2 aromatic rings. The third kappa shape index (κ3) is 1.90. The number of fused-ring (bicyclic) bond motifs is 1. The Labute approximate surface area is 99.9 Å². The lowest BCUT2D eigenvalue weighted by Crippen LogP contribution is -2.31. The van der Waals surface area contributed by atoms with E-state index in [-0.39, 0.29) is 0 Å². The van der Waals surface area contributed by atoms with Crippen LogP contribution in [-0.4, -0.2) is 33.8 Å². The quantitative estimate of drug-likeness (QED) is 0.735. The summed E-state index contributed by atoms with van der Waals surface area (Å²) in [4.78, 5) is 16.7. The standard InChI is InChI=1S/C13H15N3O/c17-10-15-6-3-11(4-7-15)12-1-2-13-14-5-8-16(13)9-12/h1-2,5,8-11H,3-4,6-7H2. The number of amides is 1. The summed E-state index contributed by atoms with van der Waals surface area (Å²) in [6, 6.07) is 4.21. The topological polar surface area (TPSA) is 37.6 Å². The van der Waals surface area contributed by atoms with Gasteiger partial charge in [-0.2, -0.15) is 0 Å². The Kier molecular flexibility index (Phi) is 2.55. The van der Waals surface area contributed by atoms with Crippen molar-refractivity contribution in [2.75, 3.05) is 13.1 Å². The van der Waals surface area contributed by atoms with Crippen LogP contribution in [0.3, 0.4) is 0 Å². The predicted molar refractivity (Wildman–Crippen MR) is 64.8 cm³/mol. The highest BCUT2D eigenvalue weighted by Gasteiger charge is 2.19. The van der Waals surface area contributed by atoms with Crippen molar-refractivity contribution in [1.82, 2.24) is 14.3 Å². The van der Waals surface area contributed by atoms with E-state index in [1.165, 1.54) is 5.56 Å². The molecular weight excluding hydrogens is 214 g/mol. The first-order valence-corrected chi connectivity index (χ1v) is 5.99. The maximum Gasteiger partial charge on any atom is 0.209 e. The fraction of sp³-hybridized carbons (Fsp3) is 0.385. The van der Waals surface area contributed by atoms with Gasteiger partial charge in [0.25, 0.3) is 0 Å². The molecular formula is C13H15N3O. The molecule has 88 valence electrons. The molecule has 4 heteroatoms. The van der Waals surface area contributed by atoms with Gasteiger partial charge in [0.05, 0.1) is 0 Å². The molecule has 1 fully saturated rings. The van der Waals surface area contributed by atoms with Crippen LogP contribution in [0.4, 0.5) is 0 Å². The number of carbonyl (C=O) groups excluding carboxylic acids is 1. The number of hydrogen-bond donors (Lipinski definition) is 0. The van der Waals surface area contributed by atoms with E-state index < -0.39 is 0 Å². The summed E-state index contributed by atoms with van der Waals surface area (Å²) in [5.41, 5.74) is 2.33. The summed E-state index contributed by atoms with van der Waals surface area (Å²) >= 11 is 0. The maximum atomic E-state index is 10.7. The molecule has 3 rings (SSSR count). The number of imidazole rings is 1. The van der Waals surface area contributed by atoms with E-state index >= 15 is 0 Å². The van der Waals surface area contributed by atoms with Gasteiger partial charge in [-0.25, -0.2) is 4.98 Å². The summed E-state index contributed by atoms with van der Waals surface area (Å²) < 4.78 is 2.06. The van der Waals surface area contributed by atoms with Crippen molar-refractivity contribution in [3.05, 3.63) is 36.3 Å². The third-order valence-electron chi connectivity index (χ3n) is 3.56. The molecule has 1 amide bonds. The van der Waals surface area contributed by atoms with E-state index in [2.05, 4.69) is 27.7 Å². The number of likely N-dealkylation sites (tertiary alicyclic amines) is 1. The highest BCUT2D eigenvalue weighted by atomic mass is 16.1. The van der Waals surface area contributed by atoms with E-state index in [1.807, 2.05) is 17.3 Å². The van der Waals surface area contributed by atoms with Crippen molar-refractivity contribution >= 4 is 12.1 Å². The minimum atomic E-state index is 0.568. The number of rotatable bonds is 2. The fourth-order valence-electron chi connectivity index (χ4n) is 2.52. The van der Waals surface area contributed by atoms with Gasteiger partial charge in [0.2, 0.25) is 6.41 Å². The molecule has 0 saturated carbocycles. The zero-order chi connectivity index (χ0) is 11.7. The van der Waals surface area contributed by atoms with Gasteiger partial charge < -0.3 is 9.30 Å². The van der Waals surface area contributed by atoms with Gasteiger partial charge in [-0.15, -0.1) is 0 Å². The average molecular weight is 229 g/mol. The van der Waals surface area contributed by atoms with Crippen LogP contribution in [0, 0.1) is 0 Å². The molecule has 1 aliphatic rings. The Hall–Kier alpha value is -1.84. The minimum absolute atomic E-state index is 0.568. The van der Waals surface area contributed by atoms with Crippen LogP contribution in [0.5, 0.6) is 0 Å². The van der Waals surface area contributed by atoms with Crippen molar-refractivity contribution < 1.29 is 4.79 Å². The van der Waals surface area contributed by atoms with Crippen LogP contribution < -0.4 is 0 Å². The highest BCUT2D eigenvalue weighted by molar-refractivity contribution is 5.47. The Balaban J connectivity index is 1.81. The fourth-order valence-corrected chi connectivity index (χ4v) is 2.52. The average Bonchev–Trinajstić information content (AvgIpc) is 2.86. The predicted octanol–water partition coefficient (Wildman–Crippen LogP) is 1.67. The van der Waals surface area contributed by atoms with Crippen LogP contribution in [0.25, 0.3) is 5.65 Å². The largest absolute Gasteiger partial charge is 0.345 e. The zero-order valence-electron chi connectivity index (χ0n) is 9.62. The SMILES string of the molecule is O=CN1CCC(c2ccc3nccn3c2)CC1. The second-order valence-corrected chi connectivity index (χ2v) is 4.57. The molecule has 0 atom stereocenters. The number of pyridine rings is 1. The van der Waals surface area contributed by atoms with E-state index in [9.17, 15) is 4.79 Å². The lowest BCUT2D eigenvalue weighted by molar-refractivity contribution is -0.119. The van der Waals surface area contributed by atoms with Crippen molar-refractivity contribution in [1.29, 1.82) is 0 Å². The molecule has 0 aromatic carbocycles. The van der Waals surface area contributed by atoms with Gasteiger partial charge in [0.15, 0.2) is 0 Å². The lowest BCUT2D eigenvalue weighted by Gasteiger charge is -2.29. The third-order valence-corrected chi connectivity index (χ3v) is 3.56. The van der Waals surface area contributed by atoms with Crippen LogP contribution in [0.15, 0.2) is 30.7 Å². The molecule has 3 heterocycles. The van der Waals surface area contributed by atoms with Gasteiger partial charge in [0, 0.05) is 31.7 Å². The second kappa shape index (κ2) is 4.20. The van der Waals surface area contributed by atoms with Crippen molar-refractivity contribution in [2.24, 2.45) is 0 Å². The molecule has 0 unspecified atom stereocenters. The van der Waals surface area contributed by atoms with Crippen LogP contribution >= 0.6 is 0 Å². The molecule has 1 saturated heterocycles. The Morgan fingerprint density at radius 2 is 2.12 bits per heavy atom. The summed E-state index contributed by atoms with van der Waals surface area (Å²) in [5, 5.41) is 0. The minimum Gasteiger partial charge on any atom is -0.345 e. The smallest absolute Gasteiger partial charge is 0.209 e. The Bertz CT molecular complexity index is 526. The van der Waals surface area contributed by atoms with Crippen LogP contribution in [0.1, 0.15) is 24.3 Å². The molecule has 0 bridgehead atoms. The van der Waals surface area contributed by atoms with Gasteiger partial charge in [-0.05, 0) is 30.4 Å². The van der Waals surface area contributed by atoms with Crippen LogP contribution in [-0.2, 0) is 4.79 Å². The molecule has 0 spiro atoms. The first-order valence-electron chi connectivity index (χ1n) is 5.99. The van der Waals surface area contributed by atoms with E-state index in [4.69, 9.17) is 0 Å². The molecule has 0 aliphatic carbocycles. The molecule has 0 radical (unpaired) electrons. The first-order chi connectivity index (χ1) is 8.36. The normalized spacial score (nSPS) is 17.5. The molecule has 4 nitrogen and oxygen atoms in total. The summed E-state index contributed by atoms with van der Waals surface area (Å²) in [6.45, 7) is 1.74. The zero-order valence-corrected chi connectivity index (χ0v) is 9.62. The molecule has 17 heavy (non-hydrogen) atoms. The lowest BCUT2D eigenvalue weighted by atomic mass is 9.91. The number of hydrogen-bond acceptors (Lipinski definition) is 2. The Morgan fingerprint density at radius 1 is 1.29 bits per heavy atom. The molecule has 1 aliphatic heterocycles. The molecule has 2 aromatic heterocycles. The first kappa shape index (κ1) is 10.3. The van der Waals surface area contributed by atoms with Crippen molar-refractivity contribution in [3.8, 4) is 0 Å². The van der Waals surface area contributed by atoms with Gasteiger partial charge in [-0.3, -0.25) is 4.79 Å². The number of piperidine rings is 1.